The maximum Gasteiger partial charge on any atom is 0.494 e. The number of piperidine rings is 1. The number of amides is 1. The summed E-state index contributed by atoms with van der Waals surface area (Å²) < 4.78 is 18.0. The molecule has 0 spiro atoms. The maximum absolute atomic E-state index is 12.5. The number of halogens is 1. The summed E-state index contributed by atoms with van der Waals surface area (Å²) in [7, 11) is -0.440. The molecule has 0 bridgehead atoms. The molecule has 1 amide bonds. The molecular weight excluding hydrogens is 401 g/mol. The van der Waals surface area contributed by atoms with Crippen molar-refractivity contribution in [3.63, 3.8) is 0 Å². The third-order valence-corrected chi connectivity index (χ3v) is 6.67. The van der Waals surface area contributed by atoms with Crippen LogP contribution in [0.5, 0.6) is 0 Å². The molecule has 0 aromatic heterocycles. The zero-order chi connectivity index (χ0) is 22.5. The predicted octanol–water partition coefficient (Wildman–Crippen LogP) is 5.00. The first-order chi connectivity index (χ1) is 13.7. The molecule has 2 heterocycles. The van der Waals surface area contributed by atoms with E-state index in [9.17, 15) is 4.79 Å². The van der Waals surface area contributed by atoms with Gasteiger partial charge in [0.05, 0.1) is 11.2 Å². The molecule has 30 heavy (non-hydrogen) atoms. The summed E-state index contributed by atoms with van der Waals surface area (Å²) in [6, 6.07) is 6.10. The van der Waals surface area contributed by atoms with Crippen LogP contribution < -0.4 is 5.46 Å². The van der Waals surface area contributed by atoms with Crippen molar-refractivity contribution < 1.29 is 18.8 Å². The number of hydrogen-bond donors (Lipinski definition) is 0. The van der Waals surface area contributed by atoms with E-state index in [0.29, 0.717) is 24.0 Å². The average Bonchev–Trinajstić information content (AvgIpc) is 2.80. The third kappa shape index (κ3) is 4.97. The number of nitrogens with zero attached hydrogens (tertiary/aromatic N) is 1. The fraction of sp³-hybridized carbons (Fsp3) is 0.696. The standard InChI is InChI=1S/C23H35BClNO4/c1-15-14-26(20(27)28-21(2,3)4)10-9-19(15)16-11-17(13-18(25)12-16)24-29-22(5,6)23(7,8)30-24/h11-13,15,19H,9-10,14H2,1-8H3. The van der Waals surface area contributed by atoms with Gasteiger partial charge in [0.2, 0.25) is 0 Å². The number of hydrogen-bond acceptors (Lipinski definition) is 4. The summed E-state index contributed by atoms with van der Waals surface area (Å²) in [4.78, 5) is 14.3. The molecule has 2 atom stereocenters. The smallest absolute Gasteiger partial charge is 0.444 e. The Hall–Kier alpha value is -1.24. The number of likely N-dealkylation sites (tertiary alicyclic amines) is 1. The highest BCUT2D eigenvalue weighted by Gasteiger charge is 2.51. The number of ether oxygens (including phenoxy) is 1. The molecule has 0 N–H and O–H groups in total. The second-order valence-corrected chi connectivity index (χ2v) is 11.1. The molecule has 7 heteroatoms. The molecule has 2 fully saturated rings. The van der Waals surface area contributed by atoms with Crippen molar-refractivity contribution in [3.8, 4) is 0 Å². The SMILES string of the molecule is CC1CN(C(=O)OC(C)(C)C)CCC1c1cc(Cl)cc(B2OC(C)(C)C(C)(C)O2)c1. The first-order valence-corrected chi connectivity index (χ1v) is 11.2. The van der Waals surface area contributed by atoms with Gasteiger partial charge in [0.25, 0.3) is 0 Å². The van der Waals surface area contributed by atoms with Crippen LogP contribution in [0, 0.1) is 5.92 Å². The van der Waals surface area contributed by atoms with Gasteiger partial charge in [-0.2, -0.15) is 0 Å². The van der Waals surface area contributed by atoms with Gasteiger partial charge in [-0.3, -0.25) is 0 Å². The molecule has 2 aliphatic heterocycles. The number of carbonyl (C=O) groups excluding carboxylic acids is 1. The second-order valence-electron chi connectivity index (χ2n) is 10.7. The number of rotatable bonds is 2. The summed E-state index contributed by atoms with van der Waals surface area (Å²) in [5, 5.41) is 0.680. The van der Waals surface area contributed by atoms with Gasteiger partial charge in [-0.25, -0.2) is 4.79 Å². The predicted molar refractivity (Wildman–Crippen MR) is 121 cm³/mol. The molecule has 0 aliphatic carbocycles. The monoisotopic (exact) mass is 435 g/mol. The van der Waals surface area contributed by atoms with Crippen LogP contribution >= 0.6 is 11.6 Å². The highest BCUT2D eigenvalue weighted by molar-refractivity contribution is 6.62. The Morgan fingerprint density at radius 2 is 1.77 bits per heavy atom. The summed E-state index contributed by atoms with van der Waals surface area (Å²) in [6.07, 6.45) is 0.626. The van der Waals surface area contributed by atoms with E-state index < -0.39 is 23.9 Å². The fourth-order valence-electron chi connectivity index (χ4n) is 4.10. The normalized spacial score (nSPS) is 26.0. The van der Waals surface area contributed by atoms with Crippen molar-refractivity contribution in [2.75, 3.05) is 13.1 Å². The molecule has 2 saturated heterocycles. The quantitative estimate of drug-likeness (QED) is 0.613. The van der Waals surface area contributed by atoms with E-state index >= 15 is 0 Å². The van der Waals surface area contributed by atoms with Crippen LogP contribution in [0.15, 0.2) is 18.2 Å². The van der Waals surface area contributed by atoms with Crippen molar-refractivity contribution in [2.24, 2.45) is 5.92 Å². The van der Waals surface area contributed by atoms with Crippen LogP contribution in [-0.4, -0.2) is 48.0 Å². The Labute approximate surface area is 186 Å². The summed E-state index contributed by atoms with van der Waals surface area (Å²) in [5.74, 6) is 0.597. The first-order valence-electron chi connectivity index (χ1n) is 10.8. The molecule has 3 rings (SSSR count). The van der Waals surface area contributed by atoms with Crippen molar-refractivity contribution in [3.05, 3.63) is 28.8 Å². The van der Waals surface area contributed by atoms with E-state index in [0.717, 1.165) is 11.9 Å². The van der Waals surface area contributed by atoms with E-state index in [1.54, 1.807) is 0 Å². The number of benzene rings is 1. The van der Waals surface area contributed by atoms with Crippen LogP contribution in [0.3, 0.4) is 0 Å². The molecule has 2 unspecified atom stereocenters. The second kappa shape index (κ2) is 8.03. The molecule has 166 valence electrons. The average molecular weight is 436 g/mol. The minimum Gasteiger partial charge on any atom is -0.444 e. The van der Waals surface area contributed by atoms with E-state index in [4.69, 9.17) is 25.6 Å². The number of carbonyl (C=O) groups is 1. The van der Waals surface area contributed by atoms with Crippen molar-refractivity contribution in [1.82, 2.24) is 4.90 Å². The highest BCUT2D eigenvalue weighted by Crippen LogP contribution is 2.38. The summed E-state index contributed by atoms with van der Waals surface area (Å²) in [5.41, 5.74) is 0.835. The molecule has 0 radical (unpaired) electrons. The van der Waals surface area contributed by atoms with Crippen molar-refractivity contribution in [1.29, 1.82) is 0 Å². The molecule has 2 aliphatic rings. The molecular formula is C23H35BClNO4. The maximum atomic E-state index is 12.5. The van der Waals surface area contributed by atoms with Gasteiger partial charge >= 0.3 is 13.2 Å². The van der Waals surface area contributed by atoms with Gasteiger partial charge in [-0.15, -0.1) is 0 Å². The van der Waals surface area contributed by atoms with Crippen LogP contribution in [0.2, 0.25) is 5.02 Å². The first kappa shape index (κ1) is 23.4. The molecule has 0 saturated carbocycles. The minimum absolute atomic E-state index is 0.239. The van der Waals surface area contributed by atoms with Crippen LogP contribution in [0.1, 0.15) is 73.3 Å². The van der Waals surface area contributed by atoms with E-state index in [2.05, 4.69) is 13.0 Å². The van der Waals surface area contributed by atoms with Crippen LogP contribution in [-0.2, 0) is 14.0 Å². The molecule has 1 aromatic carbocycles. The zero-order valence-electron chi connectivity index (χ0n) is 19.5. The lowest BCUT2D eigenvalue weighted by Gasteiger charge is -2.38. The van der Waals surface area contributed by atoms with Gasteiger partial charge in [0.1, 0.15) is 5.60 Å². The van der Waals surface area contributed by atoms with Gasteiger partial charge in [-0.05, 0) is 89.9 Å². The fourth-order valence-corrected chi connectivity index (χ4v) is 4.35. The molecule has 1 aromatic rings. The Morgan fingerprint density at radius 1 is 1.17 bits per heavy atom. The van der Waals surface area contributed by atoms with Crippen LogP contribution in [0.4, 0.5) is 4.79 Å². The topological polar surface area (TPSA) is 48.0 Å². The Bertz CT molecular complexity index is 789. The highest BCUT2D eigenvalue weighted by atomic mass is 35.5. The van der Waals surface area contributed by atoms with Gasteiger partial charge in [0, 0.05) is 18.1 Å². The minimum atomic E-state index is -0.484. The van der Waals surface area contributed by atoms with E-state index in [1.807, 2.05) is 65.5 Å². The lowest BCUT2D eigenvalue weighted by molar-refractivity contribution is 0.00578. The van der Waals surface area contributed by atoms with Crippen molar-refractivity contribution in [2.45, 2.75) is 84.5 Å². The third-order valence-electron chi connectivity index (χ3n) is 6.45. The molecule has 5 nitrogen and oxygen atoms in total. The lowest BCUT2D eigenvalue weighted by atomic mass is 9.75. The zero-order valence-corrected chi connectivity index (χ0v) is 20.3. The Morgan fingerprint density at radius 3 is 2.30 bits per heavy atom. The van der Waals surface area contributed by atoms with E-state index in [-0.39, 0.29) is 12.0 Å². The Kier molecular flexibility index (Phi) is 6.27. The largest absolute Gasteiger partial charge is 0.494 e. The Balaban J connectivity index is 1.75. The summed E-state index contributed by atoms with van der Waals surface area (Å²) in [6.45, 7) is 17.4. The van der Waals surface area contributed by atoms with Gasteiger partial charge in [0.15, 0.2) is 0 Å². The van der Waals surface area contributed by atoms with Crippen molar-refractivity contribution >= 4 is 30.3 Å². The van der Waals surface area contributed by atoms with Gasteiger partial charge < -0.3 is 18.9 Å². The van der Waals surface area contributed by atoms with Gasteiger partial charge in [-0.1, -0.05) is 24.6 Å². The summed E-state index contributed by atoms with van der Waals surface area (Å²) >= 11 is 6.49. The van der Waals surface area contributed by atoms with Crippen LogP contribution in [0.25, 0.3) is 0 Å². The lowest BCUT2D eigenvalue weighted by Crippen LogP contribution is -2.44. The van der Waals surface area contributed by atoms with E-state index in [1.165, 1.54) is 5.56 Å².